The van der Waals surface area contributed by atoms with Crippen LogP contribution in [0, 0.1) is 19.1 Å². The van der Waals surface area contributed by atoms with Crippen LogP contribution in [0.25, 0.3) is 39.4 Å². The minimum atomic E-state index is 0. The summed E-state index contributed by atoms with van der Waals surface area (Å²) < 4.78 is 0. The van der Waals surface area contributed by atoms with E-state index in [4.69, 9.17) is 4.98 Å². The van der Waals surface area contributed by atoms with Crippen molar-refractivity contribution in [3.05, 3.63) is 126 Å². The summed E-state index contributed by atoms with van der Waals surface area (Å²) in [6, 6.07) is 34.0. The SMILES string of the molecule is Cc1cc[c-]c(-c2nc(C=[C-]c3ccccc3-c3ccccn3)cc3ccccc23)c1.[Pt+2]. The molecule has 0 amide bonds. The molecular formula is C29H20N2Pt. The van der Waals surface area contributed by atoms with Gasteiger partial charge in [-0.1, -0.05) is 61.0 Å². The van der Waals surface area contributed by atoms with Crippen LogP contribution in [0.5, 0.6) is 0 Å². The molecule has 2 heterocycles. The summed E-state index contributed by atoms with van der Waals surface area (Å²) in [4.78, 5) is 9.46. The van der Waals surface area contributed by atoms with Gasteiger partial charge in [-0.05, 0) is 34.3 Å². The van der Waals surface area contributed by atoms with Crippen LogP contribution in [0.15, 0.2) is 97.2 Å². The number of benzene rings is 3. The van der Waals surface area contributed by atoms with E-state index in [2.05, 4.69) is 72.6 Å². The average Bonchev–Trinajstić information content (AvgIpc) is 2.83. The van der Waals surface area contributed by atoms with Crippen LogP contribution in [-0.4, -0.2) is 9.97 Å². The summed E-state index contributed by atoms with van der Waals surface area (Å²) in [5, 5.41) is 2.27. The Labute approximate surface area is 203 Å². The van der Waals surface area contributed by atoms with Crippen molar-refractivity contribution in [3.63, 3.8) is 0 Å². The zero-order chi connectivity index (χ0) is 21.0. The number of nitrogens with zero attached hydrogens (tertiary/aromatic N) is 2. The zero-order valence-corrected chi connectivity index (χ0v) is 19.8. The maximum Gasteiger partial charge on any atom is 2.00 e. The Kier molecular flexibility index (Phi) is 6.73. The Morgan fingerprint density at radius 1 is 0.875 bits per heavy atom. The molecule has 2 aromatic heterocycles. The van der Waals surface area contributed by atoms with Crippen LogP contribution < -0.4 is 0 Å². The van der Waals surface area contributed by atoms with Crippen molar-refractivity contribution < 1.29 is 21.1 Å². The molecule has 0 N–H and O–H groups in total. The van der Waals surface area contributed by atoms with Gasteiger partial charge in [-0.2, -0.15) is 0 Å². The van der Waals surface area contributed by atoms with Crippen molar-refractivity contribution in [1.82, 2.24) is 9.97 Å². The van der Waals surface area contributed by atoms with E-state index in [-0.39, 0.29) is 21.1 Å². The van der Waals surface area contributed by atoms with Gasteiger partial charge in [0.05, 0.1) is 0 Å². The molecule has 2 nitrogen and oxygen atoms in total. The first kappa shape index (κ1) is 21.9. The van der Waals surface area contributed by atoms with Crippen molar-refractivity contribution in [1.29, 1.82) is 0 Å². The Morgan fingerprint density at radius 2 is 1.69 bits per heavy atom. The number of fused-ring (bicyclic) bond motifs is 1. The van der Waals surface area contributed by atoms with Gasteiger partial charge in [0.25, 0.3) is 0 Å². The normalized spacial score (nSPS) is 10.9. The molecule has 0 spiro atoms. The Bertz CT molecular complexity index is 1390. The summed E-state index contributed by atoms with van der Waals surface area (Å²) in [6.45, 7) is 2.09. The molecule has 0 atom stereocenters. The van der Waals surface area contributed by atoms with Crippen molar-refractivity contribution >= 4 is 16.8 Å². The first-order chi connectivity index (χ1) is 15.3. The van der Waals surface area contributed by atoms with E-state index in [0.29, 0.717) is 0 Å². The minimum Gasteiger partial charge on any atom is -0.344 e. The first-order valence-electron chi connectivity index (χ1n) is 10.3. The number of aryl methyl sites for hydroxylation is 1. The van der Waals surface area contributed by atoms with Crippen LogP contribution in [-0.2, 0) is 21.1 Å². The summed E-state index contributed by atoms with van der Waals surface area (Å²) in [7, 11) is 0. The molecule has 0 aliphatic heterocycles. The Balaban J connectivity index is 0.00000245. The molecule has 0 fully saturated rings. The summed E-state index contributed by atoms with van der Waals surface area (Å²) in [5.41, 5.74) is 6.96. The largest absolute Gasteiger partial charge is 2.00 e. The number of rotatable bonds is 4. The molecule has 0 bridgehead atoms. The van der Waals surface area contributed by atoms with E-state index in [9.17, 15) is 0 Å². The van der Waals surface area contributed by atoms with E-state index in [0.717, 1.165) is 44.5 Å². The summed E-state index contributed by atoms with van der Waals surface area (Å²) >= 11 is 0. The first-order valence-corrected chi connectivity index (χ1v) is 10.3. The van der Waals surface area contributed by atoms with Gasteiger partial charge in [-0.25, -0.2) is 0 Å². The maximum absolute atomic E-state index is 4.96. The summed E-state index contributed by atoms with van der Waals surface area (Å²) in [6.07, 6.45) is 7.21. The molecule has 0 aliphatic rings. The van der Waals surface area contributed by atoms with Crippen LogP contribution in [0.2, 0.25) is 0 Å². The molecule has 0 radical (unpaired) electrons. The second kappa shape index (κ2) is 9.85. The van der Waals surface area contributed by atoms with Gasteiger partial charge in [-0.15, -0.1) is 65.2 Å². The molecule has 0 unspecified atom stereocenters. The van der Waals surface area contributed by atoms with Crippen LogP contribution in [0.1, 0.15) is 16.8 Å². The third-order valence-electron chi connectivity index (χ3n) is 5.22. The van der Waals surface area contributed by atoms with Gasteiger partial charge in [0.15, 0.2) is 0 Å². The minimum absolute atomic E-state index is 0. The van der Waals surface area contributed by atoms with Gasteiger partial charge in [0, 0.05) is 11.9 Å². The summed E-state index contributed by atoms with van der Waals surface area (Å²) in [5.74, 6) is 0. The van der Waals surface area contributed by atoms with E-state index in [1.54, 1.807) is 0 Å². The number of hydrogen-bond donors (Lipinski definition) is 0. The van der Waals surface area contributed by atoms with Crippen LogP contribution in [0.3, 0.4) is 0 Å². The van der Waals surface area contributed by atoms with Gasteiger partial charge in [0.1, 0.15) is 0 Å². The molecule has 0 saturated carbocycles. The third-order valence-corrected chi connectivity index (χ3v) is 5.22. The number of aromatic nitrogens is 2. The molecule has 0 aliphatic carbocycles. The molecule has 0 saturated heterocycles. The molecular weight excluding hydrogens is 571 g/mol. The second-order valence-corrected chi connectivity index (χ2v) is 7.45. The second-order valence-electron chi connectivity index (χ2n) is 7.45. The van der Waals surface area contributed by atoms with Gasteiger partial charge in [0.2, 0.25) is 0 Å². The number of pyridine rings is 2. The number of hydrogen-bond acceptors (Lipinski definition) is 2. The van der Waals surface area contributed by atoms with E-state index < -0.39 is 0 Å². The molecule has 156 valence electrons. The van der Waals surface area contributed by atoms with E-state index >= 15 is 0 Å². The van der Waals surface area contributed by atoms with E-state index in [1.807, 2.05) is 54.7 Å². The molecule has 32 heavy (non-hydrogen) atoms. The third kappa shape index (κ3) is 4.61. The molecule has 5 rings (SSSR count). The van der Waals surface area contributed by atoms with Gasteiger partial charge >= 0.3 is 21.1 Å². The fraction of sp³-hybridized carbons (Fsp3) is 0.0345. The fourth-order valence-corrected chi connectivity index (χ4v) is 3.72. The Hall–Kier alpha value is -3.35. The average molecular weight is 592 g/mol. The fourth-order valence-electron chi connectivity index (χ4n) is 3.72. The predicted octanol–water partition coefficient (Wildman–Crippen LogP) is 6.93. The van der Waals surface area contributed by atoms with Crippen LogP contribution >= 0.6 is 0 Å². The molecule has 3 heteroatoms. The standard InChI is InChI=1S/C29H20N2.Pt/c1-21-9-8-12-24(19-21)29-27-14-5-3-11-23(27)20-25(31-29)17-16-22-10-2-4-13-26(22)28-15-6-7-18-30-28;/h2-11,13-15,17-20H,1H3;/q-2;+2. The molecule has 5 aromatic rings. The smallest absolute Gasteiger partial charge is 0.344 e. The van der Waals surface area contributed by atoms with Crippen LogP contribution in [0.4, 0.5) is 0 Å². The monoisotopic (exact) mass is 591 g/mol. The van der Waals surface area contributed by atoms with Crippen molar-refractivity contribution in [2.24, 2.45) is 0 Å². The quantitative estimate of drug-likeness (QED) is 0.212. The van der Waals surface area contributed by atoms with E-state index in [1.165, 1.54) is 5.56 Å². The van der Waals surface area contributed by atoms with Gasteiger partial charge in [-0.3, -0.25) is 4.98 Å². The zero-order valence-electron chi connectivity index (χ0n) is 17.5. The van der Waals surface area contributed by atoms with Gasteiger partial charge < -0.3 is 4.98 Å². The Morgan fingerprint density at radius 3 is 2.53 bits per heavy atom. The molecule has 3 aromatic carbocycles. The predicted molar refractivity (Wildman–Crippen MR) is 127 cm³/mol. The van der Waals surface area contributed by atoms with Crippen molar-refractivity contribution in [2.45, 2.75) is 6.92 Å². The van der Waals surface area contributed by atoms with Crippen molar-refractivity contribution in [3.8, 4) is 22.5 Å². The van der Waals surface area contributed by atoms with Crippen molar-refractivity contribution in [2.75, 3.05) is 0 Å². The maximum atomic E-state index is 4.96. The topological polar surface area (TPSA) is 25.8 Å².